The number of carbonyl (C=O) groups excluding carboxylic acids is 2. The third kappa shape index (κ3) is 6.01. The smallest absolute Gasteiger partial charge is 0.278 e. The minimum atomic E-state index is -0.166. The molecule has 0 atom stereocenters. The van der Waals surface area contributed by atoms with E-state index in [1.54, 1.807) is 41.3 Å². The molecule has 1 fully saturated rings. The van der Waals surface area contributed by atoms with Crippen molar-refractivity contribution in [3.8, 4) is 0 Å². The Morgan fingerprint density at radius 1 is 0.829 bits per heavy atom. The lowest BCUT2D eigenvalue weighted by atomic mass is 10.1. The molecule has 1 saturated heterocycles. The molecule has 4 aromatic carbocycles. The maximum atomic E-state index is 13.7. The van der Waals surface area contributed by atoms with Crippen LogP contribution < -0.4 is 15.1 Å². The summed E-state index contributed by atoms with van der Waals surface area (Å²) in [5, 5.41) is 3.48. The summed E-state index contributed by atoms with van der Waals surface area (Å²) in [5.74, 6) is -0.321. The van der Waals surface area contributed by atoms with Crippen molar-refractivity contribution in [3.05, 3.63) is 125 Å². The van der Waals surface area contributed by atoms with E-state index in [0.717, 1.165) is 43.0 Å². The normalized spacial score (nSPS) is 16.2. The van der Waals surface area contributed by atoms with Crippen molar-refractivity contribution < 1.29 is 9.59 Å². The number of carbonyl (C=O) groups is 2. The molecule has 2 heterocycles. The molecule has 6 rings (SSSR count). The third-order valence-electron chi connectivity index (χ3n) is 7.45. The van der Waals surface area contributed by atoms with Crippen LogP contribution in [-0.4, -0.2) is 55.3 Å². The van der Waals surface area contributed by atoms with Crippen LogP contribution in [0.1, 0.15) is 21.5 Å². The van der Waals surface area contributed by atoms with Gasteiger partial charge in [-0.2, -0.15) is 0 Å². The molecule has 2 amide bonds. The van der Waals surface area contributed by atoms with Gasteiger partial charge in [-0.05, 0) is 60.2 Å². The average Bonchev–Trinajstić information content (AvgIpc) is 3.26. The zero-order chi connectivity index (χ0) is 28.2. The summed E-state index contributed by atoms with van der Waals surface area (Å²) < 4.78 is 0. The van der Waals surface area contributed by atoms with Gasteiger partial charge >= 0.3 is 0 Å². The van der Waals surface area contributed by atoms with Gasteiger partial charge in [0.25, 0.3) is 11.8 Å². The van der Waals surface area contributed by atoms with Gasteiger partial charge < -0.3 is 10.2 Å². The van der Waals surface area contributed by atoms with E-state index in [1.807, 2.05) is 42.5 Å². The van der Waals surface area contributed by atoms with Crippen molar-refractivity contribution in [1.29, 1.82) is 0 Å². The van der Waals surface area contributed by atoms with E-state index in [1.165, 1.54) is 5.69 Å². The van der Waals surface area contributed by atoms with E-state index in [-0.39, 0.29) is 11.8 Å². The van der Waals surface area contributed by atoms with Crippen molar-refractivity contribution in [2.75, 3.05) is 42.6 Å². The molecule has 8 heteroatoms. The number of para-hydroxylation sites is 1. The number of hydrogen-bond acceptors (Lipinski definition) is 5. The standard InChI is InChI=1S/C33H30ClN5O2/c34-26-13-16-30-29(21-26)31(33(41)39(30)23-37-17-19-38(20-18-37)28-9-5-2-6-10-28)36-27-14-11-25(12-15-27)32(40)35-22-24-7-3-1-4-8-24/h1-16,21H,17-20,22-23H2,(H,35,40). The fourth-order valence-electron chi connectivity index (χ4n) is 5.22. The van der Waals surface area contributed by atoms with E-state index >= 15 is 0 Å². The predicted octanol–water partition coefficient (Wildman–Crippen LogP) is 5.52. The number of anilines is 2. The maximum Gasteiger partial charge on any atom is 0.278 e. The highest BCUT2D eigenvalue weighted by atomic mass is 35.5. The van der Waals surface area contributed by atoms with Gasteiger partial charge in [-0.3, -0.25) is 19.4 Å². The van der Waals surface area contributed by atoms with Gasteiger partial charge in [0, 0.05) is 54.6 Å². The average molecular weight is 564 g/mol. The molecule has 0 bridgehead atoms. The second-order valence-corrected chi connectivity index (χ2v) is 10.6. The molecule has 1 N–H and O–H groups in total. The van der Waals surface area contributed by atoms with Crippen molar-refractivity contribution in [1.82, 2.24) is 10.2 Å². The highest BCUT2D eigenvalue weighted by molar-refractivity contribution is 6.55. The molecule has 0 aliphatic carbocycles. The van der Waals surface area contributed by atoms with Crippen molar-refractivity contribution >= 4 is 46.2 Å². The molecule has 0 saturated carbocycles. The molecular formula is C33H30ClN5O2. The topological polar surface area (TPSA) is 68.2 Å². The number of aliphatic imine (C=N–C) groups is 1. The van der Waals surface area contributed by atoms with Crippen LogP contribution in [-0.2, 0) is 11.3 Å². The van der Waals surface area contributed by atoms with Crippen LogP contribution in [0.3, 0.4) is 0 Å². The Morgan fingerprint density at radius 2 is 1.51 bits per heavy atom. The molecule has 2 aliphatic heterocycles. The number of halogens is 1. The largest absolute Gasteiger partial charge is 0.369 e. The van der Waals surface area contributed by atoms with Crippen LogP contribution in [0.5, 0.6) is 0 Å². The van der Waals surface area contributed by atoms with Crippen molar-refractivity contribution in [2.45, 2.75) is 6.54 Å². The number of nitrogens with one attached hydrogen (secondary N) is 1. The van der Waals surface area contributed by atoms with Gasteiger partial charge in [0.2, 0.25) is 0 Å². The van der Waals surface area contributed by atoms with Gasteiger partial charge in [-0.1, -0.05) is 60.1 Å². The van der Waals surface area contributed by atoms with E-state index in [4.69, 9.17) is 16.6 Å². The summed E-state index contributed by atoms with van der Waals surface area (Å²) in [4.78, 5) is 37.5. The Balaban J connectivity index is 1.15. The predicted molar refractivity (Wildman–Crippen MR) is 164 cm³/mol. The lowest BCUT2D eigenvalue weighted by Gasteiger charge is -2.37. The van der Waals surface area contributed by atoms with E-state index < -0.39 is 0 Å². The molecule has 2 aliphatic rings. The van der Waals surface area contributed by atoms with Gasteiger partial charge in [-0.15, -0.1) is 0 Å². The first-order valence-electron chi connectivity index (χ1n) is 13.7. The summed E-state index contributed by atoms with van der Waals surface area (Å²) in [6.45, 7) is 4.42. The Morgan fingerprint density at radius 3 is 2.22 bits per heavy atom. The number of nitrogens with zero attached hydrogens (tertiary/aromatic N) is 4. The molecule has 41 heavy (non-hydrogen) atoms. The first kappa shape index (κ1) is 26.7. The number of rotatable bonds is 7. The Labute approximate surface area is 244 Å². The number of benzene rings is 4. The molecule has 0 spiro atoms. The van der Waals surface area contributed by atoms with E-state index in [0.29, 0.717) is 35.2 Å². The lowest BCUT2D eigenvalue weighted by molar-refractivity contribution is -0.112. The SMILES string of the molecule is O=C(NCc1ccccc1)c1ccc(N=C2C(=O)N(CN3CCN(c4ccccc4)CC3)c3ccc(Cl)cc32)cc1. The lowest BCUT2D eigenvalue weighted by Crippen LogP contribution is -2.51. The summed E-state index contributed by atoms with van der Waals surface area (Å²) in [6, 6.07) is 32.6. The van der Waals surface area contributed by atoms with Crippen LogP contribution in [0, 0.1) is 0 Å². The Kier molecular flexibility index (Phi) is 7.80. The summed E-state index contributed by atoms with van der Waals surface area (Å²) >= 11 is 6.34. The van der Waals surface area contributed by atoms with E-state index in [9.17, 15) is 9.59 Å². The van der Waals surface area contributed by atoms with Crippen LogP contribution in [0.15, 0.2) is 108 Å². The maximum absolute atomic E-state index is 13.7. The van der Waals surface area contributed by atoms with Crippen LogP contribution in [0.2, 0.25) is 5.02 Å². The quantitative estimate of drug-likeness (QED) is 0.322. The summed E-state index contributed by atoms with van der Waals surface area (Å²) in [6.07, 6.45) is 0. The highest BCUT2D eigenvalue weighted by Gasteiger charge is 2.35. The fraction of sp³-hybridized carbons (Fsp3) is 0.182. The summed E-state index contributed by atoms with van der Waals surface area (Å²) in [5.41, 5.74) is 5.25. The molecule has 206 valence electrons. The molecule has 0 aromatic heterocycles. The first-order valence-corrected chi connectivity index (χ1v) is 14.1. The molecule has 4 aromatic rings. The monoisotopic (exact) mass is 563 g/mol. The Bertz CT molecular complexity index is 1570. The van der Waals surface area contributed by atoms with Gasteiger partial charge in [0.05, 0.1) is 18.0 Å². The molecule has 0 unspecified atom stereocenters. The van der Waals surface area contributed by atoms with Crippen molar-refractivity contribution in [3.63, 3.8) is 0 Å². The van der Waals surface area contributed by atoms with Crippen LogP contribution >= 0.6 is 11.6 Å². The number of amides is 2. The highest BCUT2D eigenvalue weighted by Crippen LogP contribution is 2.33. The second-order valence-electron chi connectivity index (χ2n) is 10.2. The zero-order valence-electron chi connectivity index (χ0n) is 22.5. The number of piperazine rings is 1. The van der Waals surface area contributed by atoms with Gasteiger partial charge in [-0.25, -0.2) is 4.99 Å². The molecule has 7 nitrogen and oxygen atoms in total. The Hall–Kier alpha value is -4.46. The minimum Gasteiger partial charge on any atom is -0.369 e. The zero-order valence-corrected chi connectivity index (χ0v) is 23.3. The van der Waals surface area contributed by atoms with Gasteiger partial charge in [0.1, 0.15) is 5.71 Å². The van der Waals surface area contributed by atoms with Crippen LogP contribution in [0.25, 0.3) is 0 Å². The van der Waals surface area contributed by atoms with Crippen molar-refractivity contribution in [2.24, 2.45) is 4.99 Å². The fourth-order valence-corrected chi connectivity index (χ4v) is 5.39. The van der Waals surface area contributed by atoms with Crippen LogP contribution in [0.4, 0.5) is 17.1 Å². The third-order valence-corrected chi connectivity index (χ3v) is 7.69. The molecular weight excluding hydrogens is 534 g/mol. The number of hydrogen-bond donors (Lipinski definition) is 1. The molecule has 0 radical (unpaired) electrons. The van der Waals surface area contributed by atoms with Gasteiger partial charge in [0.15, 0.2) is 0 Å². The minimum absolute atomic E-state index is 0.155. The van der Waals surface area contributed by atoms with E-state index in [2.05, 4.69) is 39.4 Å². The number of fused-ring (bicyclic) bond motifs is 1. The summed E-state index contributed by atoms with van der Waals surface area (Å²) in [7, 11) is 0. The first-order chi connectivity index (χ1) is 20.0. The second kappa shape index (κ2) is 12.0.